The Morgan fingerprint density at radius 1 is 0.923 bits per heavy atom. The number of hydrogen-bond acceptors (Lipinski definition) is 6. The van der Waals surface area contributed by atoms with Gasteiger partial charge in [0.1, 0.15) is 11.4 Å². The number of alkyl halides is 3. The molecule has 2 aromatic rings. The highest BCUT2D eigenvalue weighted by Crippen LogP contribution is 2.36. The van der Waals surface area contributed by atoms with Gasteiger partial charge in [0.05, 0.1) is 0 Å². The lowest BCUT2D eigenvalue weighted by atomic mass is 10.1. The van der Waals surface area contributed by atoms with Crippen LogP contribution in [-0.2, 0) is 14.9 Å². The zero-order chi connectivity index (χ0) is 19.8. The van der Waals surface area contributed by atoms with Crippen LogP contribution in [0.3, 0.4) is 0 Å². The predicted molar refractivity (Wildman–Crippen MR) is 86.4 cm³/mol. The Hall–Kier alpha value is -2.49. The highest BCUT2D eigenvalue weighted by molar-refractivity contribution is 7.88. The fourth-order valence-corrected chi connectivity index (χ4v) is 2.41. The molecule has 0 aliphatic rings. The molecule has 0 unspecified atom stereocenters. The Morgan fingerprint density at radius 2 is 1.42 bits per heavy atom. The summed E-state index contributed by atoms with van der Waals surface area (Å²) >= 11 is 0. The summed E-state index contributed by atoms with van der Waals surface area (Å²) in [5.74, 6) is -0.568. The molecule has 0 aromatic heterocycles. The molecule has 0 spiro atoms. The van der Waals surface area contributed by atoms with Crippen molar-refractivity contribution < 1.29 is 40.0 Å². The van der Waals surface area contributed by atoms with E-state index in [0.717, 1.165) is 12.1 Å². The quantitative estimate of drug-likeness (QED) is 0.334. The van der Waals surface area contributed by atoms with Crippen LogP contribution < -0.4 is 8.92 Å². The number of rotatable bonds is 3. The van der Waals surface area contributed by atoms with Crippen LogP contribution in [-0.4, -0.2) is 25.7 Å². The standard InChI is InChI=1S/C16H15F3O6S/c1-15(2,3)24-14(20)23-12-8-9-13(11-7-5-4-6-10(11)12)25-26(21,22)16(17,18)19/h4-9H,1-3H3. The van der Waals surface area contributed by atoms with E-state index in [0.29, 0.717) is 0 Å². The highest BCUT2D eigenvalue weighted by Gasteiger charge is 2.48. The summed E-state index contributed by atoms with van der Waals surface area (Å²) in [6.45, 7) is 4.89. The number of halogens is 3. The van der Waals surface area contributed by atoms with Gasteiger partial charge in [-0.3, -0.25) is 0 Å². The maximum atomic E-state index is 12.5. The summed E-state index contributed by atoms with van der Waals surface area (Å²) in [4.78, 5) is 11.8. The first-order valence-electron chi connectivity index (χ1n) is 7.23. The van der Waals surface area contributed by atoms with Crippen molar-refractivity contribution in [3.8, 4) is 11.5 Å². The Kier molecular flexibility index (Phi) is 5.09. The summed E-state index contributed by atoms with van der Waals surface area (Å²) in [5.41, 5.74) is -6.38. The van der Waals surface area contributed by atoms with Gasteiger partial charge in [-0.05, 0) is 32.9 Å². The van der Waals surface area contributed by atoms with Crippen molar-refractivity contribution in [2.75, 3.05) is 0 Å². The van der Waals surface area contributed by atoms with Gasteiger partial charge in [-0.25, -0.2) is 4.79 Å². The van der Waals surface area contributed by atoms with Gasteiger partial charge in [-0.2, -0.15) is 21.6 Å². The van der Waals surface area contributed by atoms with Gasteiger partial charge >= 0.3 is 21.8 Å². The van der Waals surface area contributed by atoms with Crippen LogP contribution in [0, 0.1) is 0 Å². The van der Waals surface area contributed by atoms with E-state index in [1.165, 1.54) is 24.3 Å². The molecule has 0 saturated heterocycles. The van der Waals surface area contributed by atoms with Crippen LogP contribution in [0.15, 0.2) is 36.4 Å². The molecule has 6 nitrogen and oxygen atoms in total. The second kappa shape index (κ2) is 6.67. The van der Waals surface area contributed by atoms with Crippen molar-refractivity contribution in [3.63, 3.8) is 0 Å². The van der Waals surface area contributed by atoms with Gasteiger partial charge in [0.2, 0.25) is 0 Å². The first kappa shape index (κ1) is 19.8. The molecular weight excluding hydrogens is 377 g/mol. The van der Waals surface area contributed by atoms with Crippen molar-refractivity contribution in [3.05, 3.63) is 36.4 Å². The molecule has 0 bridgehead atoms. The Morgan fingerprint density at radius 3 is 1.92 bits per heavy atom. The summed E-state index contributed by atoms with van der Waals surface area (Å²) < 4.78 is 74.3. The summed E-state index contributed by atoms with van der Waals surface area (Å²) in [7, 11) is -5.83. The average Bonchev–Trinajstić information content (AvgIpc) is 2.46. The second-order valence-electron chi connectivity index (χ2n) is 6.16. The molecule has 2 aromatic carbocycles. The third-order valence-corrected chi connectivity index (χ3v) is 3.88. The fourth-order valence-electron chi connectivity index (χ4n) is 1.93. The lowest BCUT2D eigenvalue weighted by Gasteiger charge is -2.19. The van der Waals surface area contributed by atoms with Gasteiger partial charge in [-0.15, -0.1) is 0 Å². The minimum absolute atomic E-state index is 0.0152. The monoisotopic (exact) mass is 392 g/mol. The van der Waals surface area contributed by atoms with Crippen LogP contribution in [0.25, 0.3) is 10.8 Å². The van der Waals surface area contributed by atoms with Crippen LogP contribution in [0.1, 0.15) is 20.8 Å². The van der Waals surface area contributed by atoms with E-state index >= 15 is 0 Å². The zero-order valence-electron chi connectivity index (χ0n) is 14.0. The molecule has 10 heteroatoms. The smallest absolute Gasteiger partial charge is 0.428 e. The highest BCUT2D eigenvalue weighted by atomic mass is 32.2. The van der Waals surface area contributed by atoms with E-state index in [1.807, 2.05) is 0 Å². The van der Waals surface area contributed by atoms with Gasteiger partial charge in [0, 0.05) is 10.8 Å². The lowest BCUT2D eigenvalue weighted by molar-refractivity contribution is -0.0499. The maximum Gasteiger partial charge on any atom is 0.534 e. The van der Waals surface area contributed by atoms with Crippen LogP contribution in [0.5, 0.6) is 11.5 Å². The summed E-state index contributed by atoms with van der Waals surface area (Å²) in [6.07, 6.45) is -1.01. The molecule has 0 fully saturated rings. The van der Waals surface area contributed by atoms with E-state index in [-0.39, 0.29) is 16.5 Å². The largest absolute Gasteiger partial charge is 0.534 e. The van der Waals surface area contributed by atoms with Gasteiger partial charge in [0.25, 0.3) is 0 Å². The molecule has 0 atom stereocenters. The molecule has 0 heterocycles. The SMILES string of the molecule is CC(C)(C)OC(=O)Oc1ccc(OS(=O)(=O)C(F)(F)F)c2ccccc12. The molecule has 142 valence electrons. The van der Waals surface area contributed by atoms with Crippen LogP contribution >= 0.6 is 0 Å². The second-order valence-corrected chi connectivity index (χ2v) is 7.69. The van der Waals surface area contributed by atoms with Crippen molar-refractivity contribution >= 4 is 27.0 Å². The first-order valence-corrected chi connectivity index (χ1v) is 8.64. The number of hydrogen-bond donors (Lipinski definition) is 0. The van der Waals surface area contributed by atoms with E-state index in [4.69, 9.17) is 9.47 Å². The summed E-state index contributed by atoms with van der Waals surface area (Å²) in [5, 5.41) is 0.189. The van der Waals surface area contributed by atoms with Gasteiger partial charge in [0.15, 0.2) is 5.75 Å². The normalized spacial score (nSPS) is 12.7. The molecule has 0 radical (unpaired) electrons. The lowest BCUT2D eigenvalue weighted by Crippen LogP contribution is -2.28. The van der Waals surface area contributed by atoms with Crippen molar-refractivity contribution in [1.82, 2.24) is 0 Å². The molecular formula is C16H15F3O6S. The topological polar surface area (TPSA) is 78.9 Å². The molecule has 0 saturated carbocycles. The number of benzene rings is 2. The fraction of sp³-hybridized carbons (Fsp3) is 0.312. The molecule has 2 rings (SSSR count). The van der Waals surface area contributed by atoms with Crippen LogP contribution in [0.2, 0.25) is 0 Å². The molecule has 0 amide bonds. The molecule has 0 aliphatic carbocycles. The van der Waals surface area contributed by atoms with E-state index in [2.05, 4.69) is 4.18 Å². The average molecular weight is 392 g/mol. The Bertz CT molecular complexity index is 929. The maximum absolute atomic E-state index is 12.5. The summed E-state index contributed by atoms with van der Waals surface area (Å²) in [6, 6.07) is 7.85. The Balaban J connectivity index is 2.42. The van der Waals surface area contributed by atoms with E-state index in [9.17, 15) is 26.4 Å². The molecule has 0 aliphatic heterocycles. The third kappa shape index (κ3) is 4.57. The zero-order valence-corrected chi connectivity index (χ0v) is 14.8. The first-order chi connectivity index (χ1) is 11.8. The minimum Gasteiger partial charge on any atom is -0.428 e. The number of carbonyl (C=O) groups is 1. The van der Waals surface area contributed by atoms with Crippen molar-refractivity contribution in [2.24, 2.45) is 0 Å². The minimum atomic E-state index is -5.83. The third-order valence-electron chi connectivity index (χ3n) is 2.91. The molecule has 0 N–H and O–H groups in total. The van der Waals surface area contributed by atoms with Crippen molar-refractivity contribution in [2.45, 2.75) is 31.9 Å². The van der Waals surface area contributed by atoms with Crippen LogP contribution in [0.4, 0.5) is 18.0 Å². The number of carbonyl (C=O) groups excluding carboxylic acids is 1. The Labute approximate surface area is 147 Å². The number of ether oxygens (including phenoxy) is 2. The van der Waals surface area contributed by atoms with E-state index < -0.39 is 33.1 Å². The predicted octanol–water partition coefficient (Wildman–Crippen LogP) is 4.38. The van der Waals surface area contributed by atoms with Gasteiger partial charge in [-0.1, -0.05) is 24.3 Å². The van der Waals surface area contributed by atoms with Gasteiger partial charge < -0.3 is 13.7 Å². The van der Waals surface area contributed by atoms with E-state index in [1.54, 1.807) is 20.8 Å². The molecule has 26 heavy (non-hydrogen) atoms. The number of fused-ring (bicyclic) bond motifs is 1. The van der Waals surface area contributed by atoms with Crippen molar-refractivity contribution in [1.29, 1.82) is 0 Å².